The van der Waals surface area contributed by atoms with Crippen LogP contribution in [0.25, 0.3) is 0 Å². The zero-order valence-electron chi connectivity index (χ0n) is 14.6. The number of ether oxygens (including phenoxy) is 1. The van der Waals surface area contributed by atoms with Gasteiger partial charge >= 0.3 is 0 Å². The summed E-state index contributed by atoms with van der Waals surface area (Å²) in [7, 11) is 3.38. The molecule has 0 amide bonds. The third-order valence-electron chi connectivity index (χ3n) is 3.34. The number of pyridine rings is 1. The molecule has 1 aromatic carbocycles. The fourth-order valence-corrected chi connectivity index (χ4v) is 2.54. The van der Waals surface area contributed by atoms with Crippen LogP contribution in [-0.2, 0) is 6.54 Å². The molecule has 9 heteroatoms. The lowest BCUT2D eigenvalue weighted by Gasteiger charge is -2.13. The van der Waals surface area contributed by atoms with Crippen molar-refractivity contribution in [2.75, 3.05) is 32.6 Å². The highest BCUT2D eigenvalue weighted by Crippen LogP contribution is 2.21. The molecule has 0 saturated heterocycles. The number of hydrogen-bond donors (Lipinski definition) is 3. The molecule has 0 aliphatic heterocycles. The lowest BCUT2D eigenvalue weighted by molar-refractivity contribution is 0.414. The summed E-state index contributed by atoms with van der Waals surface area (Å²) in [6.45, 7) is 1.93. The van der Waals surface area contributed by atoms with E-state index in [1.54, 1.807) is 26.4 Å². The summed E-state index contributed by atoms with van der Waals surface area (Å²) in [5.74, 6) is 2.14. The van der Waals surface area contributed by atoms with Gasteiger partial charge in [-0.2, -0.15) is 0 Å². The Hall–Kier alpha value is -1.45. The van der Waals surface area contributed by atoms with Gasteiger partial charge in [-0.1, -0.05) is 35.3 Å². The highest BCUT2D eigenvalue weighted by atomic mass is 127. The van der Waals surface area contributed by atoms with E-state index < -0.39 is 0 Å². The highest BCUT2D eigenvalue weighted by molar-refractivity contribution is 14.0. The summed E-state index contributed by atoms with van der Waals surface area (Å²) in [6, 6.07) is 9.53. The van der Waals surface area contributed by atoms with Crippen LogP contribution in [-0.4, -0.2) is 38.2 Å². The third-order valence-corrected chi connectivity index (χ3v) is 3.83. The van der Waals surface area contributed by atoms with E-state index in [0.29, 0.717) is 41.5 Å². The lowest BCUT2D eigenvalue weighted by atomic mass is 10.2. The lowest BCUT2D eigenvalue weighted by Crippen LogP contribution is -2.39. The van der Waals surface area contributed by atoms with E-state index in [2.05, 4.69) is 25.9 Å². The normalized spacial score (nSPS) is 10.7. The monoisotopic (exact) mass is 509 g/mol. The van der Waals surface area contributed by atoms with Gasteiger partial charge in [-0.05, 0) is 23.8 Å². The van der Waals surface area contributed by atoms with E-state index in [1.165, 1.54) is 0 Å². The Labute approximate surface area is 180 Å². The minimum Gasteiger partial charge on any atom is -0.497 e. The van der Waals surface area contributed by atoms with Crippen molar-refractivity contribution in [3.63, 3.8) is 0 Å². The zero-order chi connectivity index (χ0) is 18.1. The van der Waals surface area contributed by atoms with Gasteiger partial charge in [-0.15, -0.1) is 24.0 Å². The van der Waals surface area contributed by atoms with Crippen LogP contribution in [0.3, 0.4) is 0 Å². The van der Waals surface area contributed by atoms with Crippen molar-refractivity contribution >= 4 is 59.0 Å². The molecule has 0 radical (unpaired) electrons. The van der Waals surface area contributed by atoms with Crippen LogP contribution in [0.15, 0.2) is 41.5 Å². The number of aliphatic imine (C=N–C) groups is 1. The number of benzene rings is 1. The van der Waals surface area contributed by atoms with Crippen molar-refractivity contribution in [3.8, 4) is 5.75 Å². The van der Waals surface area contributed by atoms with Crippen molar-refractivity contribution < 1.29 is 4.74 Å². The molecule has 0 fully saturated rings. The second kappa shape index (κ2) is 12.0. The fraction of sp³-hybridized carbons (Fsp3) is 0.294. The predicted octanol–water partition coefficient (Wildman–Crippen LogP) is 3.79. The van der Waals surface area contributed by atoms with Gasteiger partial charge in [0.1, 0.15) is 11.6 Å². The molecule has 0 aliphatic carbocycles. The molecule has 0 bridgehead atoms. The Bertz CT molecular complexity index is 730. The Morgan fingerprint density at radius 2 is 2.00 bits per heavy atom. The first-order chi connectivity index (χ1) is 12.1. The number of halogens is 3. The summed E-state index contributed by atoms with van der Waals surface area (Å²) in [5, 5.41) is 10.6. The first kappa shape index (κ1) is 22.6. The number of methoxy groups -OCH3 is 1. The molecule has 0 aliphatic rings. The van der Waals surface area contributed by atoms with E-state index in [4.69, 9.17) is 27.9 Å². The maximum atomic E-state index is 6.06. The average Bonchev–Trinajstić information content (AvgIpc) is 2.62. The summed E-state index contributed by atoms with van der Waals surface area (Å²) >= 11 is 11.9. The van der Waals surface area contributed by atoms with Crippen molar-refractivity contribution in [1.82, 2.24) is 15.6 Å². The molecule has 3 N–H and O–H groups in total. The second-order valence-corrected chi connectivity index (χ2v) is 5.96. The maximum Gasteiger partial charge on any atom is 0.191 e. The largest absolute Gasteiger partial charge is 0.497 e. The Balaban J connectivity index is 0.00000338. The molecule has 2 rings (SSSR count). The van der Waals surface area contributed by atoms with Gasteiger partial charge in [0.05, 0.1) is 17.2 Å². The van der Waals surface area contributed by atoms with Crippen molar-refractivity contribution in [2.24, 2.45) is 4.99 Å². The standard InChI is InChI=1S/C17H21Cl2N5O.HI/c1-20-17(24-10-12-4-3-5-14(8-12)25-2)22-7-6-21-16-15(19)9-13(18)11-23-16;/h3-5,8-9,11H,6-7,10H2,1-2H3,(H,21,23)(H2,20,22,24);1H. The van der Waals surface area contributed by atoms with Crippen LogP contribution >= 0.6 is 47.2 Å². The van der Waals surface area contributed by atoms with E-state index in [9.17, 15) is 0 Å². The SMILES string of the molecule is CN=C(NCCNc1ncc(Cl)cc1Cl)NCc1cccc(OC)c1.I. The van der Waals surface area contributed by atoms with Crippen molar-refractivity contribution in [3.05, 3.63) is 52.1 Å². The molecule has 6 nitrogen and oxygen atoms in total. The number of hydrogen-bond acceptors (Lipinski definition) is 4. The quantitative estimate of drug-likeness (QED) is 0.229. The smallest absolute Gasteiger partial charge is 0.191 e. The topological polar surface area (TPSA) is 70.6 Å². The number of guanidine groups is 1. The Morgan fingerprint density at radius 1 is 1.19 bits per heavy atom. The molecule has 1 heterocycles. The molecule has 0 atom stereocenters. The number of nitrogens with zero attached hydrogens (tertiary/aromatic N) is 2. The molecule has 1 aromatic heterocycles. The van der Waals surface area contributed by atoms with E-state index >= 15 is 0 Å². The Kier molecular flexibility index (Phi) is 10.5. The molecule has 0 saturated carbocycles. The number of anilines is 1. The molecule has 0 spiro atoms. The molecular formula is C17H22Cl2IN5O. The van der Waals surface area contributed by atoms with Crippen LogP contribution in [0.1, 0.15) is 5.56 Å². The van der Waals surface area contributed by atoms with E-state index in [-0.39, 0.29) is 24.0 Å². The minimum absolute atomic E-state index is 0. The van der Waals surface area contributed by atoms with Gasteiger partial charge in [0, 0.05) is 32.9 Å². The summed E-state index contributed by atoms with van der Waals surface area (Å²) < 4.78 is 5.22. The van der Waals surface area contributed by atoms with Crippen molar-refractivity contribution in [1.29, 1.82) is 0 Å². The van der Waals surface area contributed by atoms with Gasteiger partial charge in [-0.25, -0.2) is 4.98 Å². The predicted molar refractivity (Wildman–Crippen MR) is 119 cm³/mol. The first-order valence-corrected chi connectivity index (χ1v) is 8.50. The van der Waals surface area contributed by atoms with E-state index in [0.717, 1.165) is 11.3 Å². The van der Waals surface area contributed by atoms with Crippen LogP contribution in [0.2, 0.25) is 10.0 Å². The summed E-state index contributed by atoms with van der Waals surface area (Å²) in [6.07, 6.45) is 1.55. The van der Waals surface area contributed by atoms with Crippen molar-refractivity contribution in [2.45, 2.75) is 6.54 Å². The van der Waals surface area contributed by atoms with Crippen LogP contribution in [0, 0.1) is 0 Å². The molecular weight excluding hydrogens is 488 g/mol. The molecule has 142 valence electrons. The van der Waals surface area contributed by atoms with Gasteiger partial charge in [-0.3, -0.25) is 4.99 Å². The van der Waals surface area contributed by atoms with Crippen LogP contribution in [0.5, 0.6) is 5.75 Å². The fourth-order valence-electron chi connectivity index (χ4n) is 2.10. The average molecular weight is 510 g/mol. The Morgan fingerprint density at radius 3 is 2.69 bits per heavy atom. The summed E-state index contributed by atoms with van der Waals surface area (Å²) in [5.41, 5.74) is 1.11. The molecule has 2 aromatic rings. The van der Waals surface area contributed by atoms with Gasteiger partial charge in [0.25, 0.3) is 0 Å². The number of aromatic nitrogens is 1. The minimum atomic E-state index is 0. The molecule has 26 heavy (non-hydrogen) atoms. The van der Waals surface area contributed by atoms with E-state index in [1.807, 2.05) is 24.3 Å². The highest BCUT2D eigenvalue weighted by Gasteiger charge is 2.03. The second-order valence-electron chi connectivity index (χ2n) is 5.11. The molecule has 0 unspecified atom stereocenters. The van der Waals surface area contributed by atoms with Gasteiger partial charge < -0.3 is 20.7 Å². The zero-order valence-corrected chi connectivity index (χ0v) is 18.4. The summed E-state index contributed by atoms with van der Waals surface area (Å²) in [4.78, 5) is 8.34. The number of nitrogens with one attached hydrogen (secondary N) is 3. The van der Waals surface area contributed by atoms with Gasteiger partial charge in [0.15, 0.2) is 5.96 Å². The third kappa shape index (κ3) is 7.43. The maximum absolute atomic E-state index is 6.06. The van der Waals surface area contributed by atoms with Crippen LogP contribution in [0.4, 0.5) is 5.82 Å². The van der Waals surface area contributed by atoms with Gasteiger partial charge in [0.2, 0.25) is 0 Å². The first-order valence-electron chi connectivity index (χ1n) is 7.74. The van der Waals surface area contributed by atoms with Crippen LogP contribution < -0.4 is 20.7 Å². The number of rotatable bonds is 7.